The molecule has 166 valence electrons. The Kier molecular flexibility index (Phi) is 8.45. The number of aliphatic imine (C=N–C) groups is 1. The Bertz CT molecular complexity index is 1020. The van der Waals surface area contributed by atoms with Crippen LogP contribution in [-0.2, 0) is 0 Å². The fourth-order valence-electron chi connectivity index (χ4n) is 3.70. The van der Waals surface area contributed by atoms with Crippen LogP contribution in [0.15, 0.2) is 65.7 Å². The summed E-state index contributed by atoms with van der Waals surface area (Å²) >= 11 is 0. The molecular formula is C25H31ClN2O3. The maximum absolute atomic E-state index is 12.5. The quantitative estimate of drug-likeness (QED) is 0.328. The number of hydrogen-bond donors (Lipinski definition) is 1. The Morgan fingerprint density at radius 1 is 1.00 bits per heavy atom. The van der Waals surface area contributed by atoms with Gasteiger partial charge in [0.2, 0.25) is 0 Å². The predicted molar refractivity (Wildman–Crippen MR) is 128 cm³/mol. The first kappa shape index (κ1) is 24.7. The van der Waals surface area contributed by atoms with Gasteiger partial charge >= 0.3 is 0 Å². The number of fused-ring (bicyclic) bond motifs is 1. The largest absolute Gasteiger partial charge is 0.858 e. The van der Waals surface area contributed by atoms with Crippen molar-refractivity contribution in [3.63, 3.8) is 0 Å². The normalized spacial score (nSPS) is 13.0. The van der Waals surface area contributed by atoms with Crippen LogP contribution in [-0.4, -0.2) is 55.4 Å². The molecule has 0 heterocycles. The van der Waals surface area contributed by atoms with Crippen molar-refractivity contribution in [2.75, 3.05) is 33.8 Å². The maximum atomic E-state index is 12.5. The van der Waals surface area contributed by atoms with Gasteiger partial charge in [0.25, 0.3) is 0 Å². The van der Waals surface area contributed by atoms with Gasteiger partial charge < -0.3 is 19.4 Å². The van der Waals surface area contributed by atoms with Crippen LogP contribution in [0.4, 0.5) is 5.69 Å². The number of benzene rings is 3. The van der Waals surface area contributed by atoms with Gasteiger partial charge in [0, 0.05) is 11.3 Å². The van der Waals surface area contributed by atoms with Gasteiger partial charge in [-0.15, -0.1) is 12.4 Å². The molecule has 5 nitrogen and oxygen atoms in total. The minimum atomic E-state index is -0.702. The van der Waals surface area contributed by atoms with E-state index in [4.69, 9.17) is 4.74 Å². The molecule has 0 spiro atoms. The van der Waals surface area contributed by atoms with Crippen LogP contribution in [0.3, 0.4) is 0 Å². The van der Waals surface area contributed by atoms with Crippen LogP contribution >= 0.6 is 12.4 Å². The molecule has 0 saturated heterocycles. The molecule has 1 unspecified atom stereocenters. The van der Waals surface area contributed by atoms with Gasteiger partial charge in [-0.3, -0.25) is 4.99 Å². The summed E-state index contributed by atoms with van der Waals surface area (Å²) in [6, 6.07) is 19.7. The van der Waals surface area contributed by atoms with Gasteiger partial charge in [-0.1, -0.05) is 54.6 Å². The van der Waals surface area contributed by atoms with Crippen molar-refractivity contribution in [2.24, 2.45) is 4.99 Å². The number of halogens is 1. The number of aliphatic hydroxyl groups is 1. The number of aryl methyl sites for hydroxylation is 2. The Hall–Kier alpha value is -2.60. The van der Waals surface area contributed by atoms with Gasteiger partial charge in [0.15, 0.2) is 0 Å². The lowest BCUT2D eigenvalue weighted by Crippen LogP contribution is -2.51. The number of para-hydroxylation sites is 1. The lowest BCUT2D eigenvalue weighted by atomic mass is 10.1. The Morgan fingerprint density at radius 3 is 2.32 bits per heavy atom. The molecule has 6 heteroatoms. The Balaban J connectivity index is 0.00000341. The predicted octanol–water partition coefficient (Wildman–Crippen LogP) is 3.79. The summed E-state index contributed by atoms with van der Waals surface area (Å²) in [5, 5.41) is 25.2. The zero-order valence-corrected chi connectivity index (χ0v) is 19.4. The average molecular weight is 443 g/mol. The molecule has 3 aromatic rings. The lowest BCUT2D eigenvalue weighted by molar-refractivity contribution is -0.886. The van der Waals surface area contributed by atoms with E-state index in [2.05, 4.69) is 4.99 Å². The standard InChI is InChI=1S/C25H30N2O3.ClH/c1-18-9-7-10-19(2)25(18)26-24(29)16-27(3,4)15-21(28)17-30-23-14-8-12-20-11-5-6-13-22(20)23;/h5-14,21,28H,15-17H2,1-4H3;1H. The van der Waals surface area contributed by atoms with E-state index in [1.54, 1.807) is 0 Å². The number of ether oxygens (including phenoxy) is 1. The maximum Gasteiger partial charge on any atom is 0.137 e. The first-order chi connectivity index (χ1) is 14.2. The van der Waals surface area contributed by atoms with Crippen molar-refractivity contribution >= 4 is 34.8 Å². The fraction of sp³-hybridized carbons (Fsp3) is 0.320. The summed E-state index contributed by atoms with van der Waals surface area (Å²) < 4.78 is 6.22. The second-order valence-electron chi connectivity index (χ2n) is 8.46. The van der Waals surface area contributed by atoms with Crippen molar-refractivity contribution in [3.05, 3.63) is 71.8 Å². The molecule has 0 radical (unpaired) electrons. The molecule has 0 aromatic heterocycles. The molecular weight excluding hydrogens is 412 g/mol. The molecule has 31 heavy (non-hydrogen) atoms. The summed E-state index contributed by atoms with van der Waals surface area (Å²) in [6.07, 6.45) is -0.702. The van der Waals surface area contributed by atoms with Gasteiger partial charge in [-0.25, -0.2) is 0 Å². The molecule has 0 aliphatic heterocycles. The van der Waals surface area contributed by atoms with E-state index in [0.29, 0.717) is 11.0 Å². The highest BCUT2D eigenvalue weighted by Gasteiger charge is 2.21. The molecule has 0 fully saturated rings. The van der Waals surface area contributed by atoms with Crippen molar-refractivity contribution in [1.29, 1.82) is 0 Å². The topological polar surface area (TPSA) is 64.9 Å². The van der Waals surface area contributed by atoms with Crippen molar-refractivity contribution in [3.8, 4) is 5.75 Å². The first-order valence-corrected chi connectivity index (χ1v) is 10.2. The van der Waals surface area contributed by atoms with E-state index in [1.807, 2.05) is 88.6 Å². The summed E-state index contributed by atoms with van der Waals surface area (Å²) in [5.74, 6) is 0.554. The molecule has 3 aromatic carbocycles. The van der Waals surface area contributed by atoms with Crippen LogP contribution in [0, 0.1) is 13.8 Å². The molecule has 0 aliphatic carbocycles. The molecule has 0 amide bonds. The SMILES string of the molecule is Cc1cccc(C)c1N=C([O-])C[N+](C)(C)CC(O)COc1cccc2ccccc12.Cl. The van der Waals surface area contributed by atoms with Crippen molar-refractivity contribution < 1.29 is 19.4 Å². The smallest absolute Gasteiger partial charge is 0.137 e. The lowest BCUT2D eigenvalue weighted by Gasteiger charge is -2.33. The van der Waals surface area contributed by atoms with Crippen molar-refractivity contribution in [2.45, 2.75) is 20.0 Å². The van der Waals surface area contributed by atoms with Gasteiger partial charge in [-0.05, 0) is 36.4 Å². The molecule has 0 saturated carbocycles. The monoisotopic (exact) mass is 442 g/mol. The van der Waals surface area contributed by atoms with E-state index < -0.39 is 6.10 Å². The third-order valence-corrected chi connectivity index (χ3v) is 5.13. The summed E-state index contributed by atoms with van der Waals surface area (Å²) in [7, 11) is 3.83. The number of rotatable bonds is 8. The van der Waals surface area contributed by atoms with E-state index in [9.17, 15) is 10.2 Å². The van der Waals surface area contributed by atoms with E-state index in [1.165, 1.54) is 0 Å². The number of aliphatic hydroxyl groups excluding tert-OH is 1. The first-order valence-electron chi connectivity index (χ1n) is 10.2. The van der Waals surface area contributed by atoms with Crippen LogP contribution in [0.2, 0.25) is 0 Å². The van der Waals surface area contributed by atoms with Gasteiger partial charge in [0.1, 0.15) is 31.5 Å². The van der Waals surface area contributed by atoms with Crippen molar-refractivity contribution in [1.82, 2.24) is 0 Å². The number of nitrogens with zero attached hydrogens (tertiary/aromatic N) is 2. The minimum Gasteiger partial charge on any atom is -0.858 e. The molecule has 3 rings (SSSR count). The van der Waals surface area contributed by atoms with Gasteiger partial charge in [-0.2, -0.15) is 0 Å². The molecule has 0 bridgehead atoms. The fourth-order valence-corrected chi connectivity index (χ4v) is 3.70. The summed E-state index contributed by atoms with van der Waals surface area (Å²) in [5.41, 5.74) is 2.71. The Labute approximate surface area is 190 Å². The zero-order valence-electron chi connectivity index (χ0n) is 18.5. The third kappa shape index (κ3) is 6.69. The molecule has 0 aliphatic rings. The van der Waals surface area contributed by atoms with E-state index in [-0.39, 0.29) is 31.5 Å². The van der Waals surface area contributed by atoms with Crippen LogP contribution < -0.4 is 9.84 Å². The van der Waals surface area contributed by atoms with Crippen LogP contribution in [0.5, 0.6) is 5.75 Å². The van der Waals surface area contributed by atoms with E-state index in [0.717, 1.165) is 33.3 Å². The molecule has 1 atom stereocenters. The summed E-state index contributed by atoms with van der Waals surface area (Å²) in [6.45, 7) is 4.66. The minimum absolute atomic E-state index is 0. The highest BCUT2D eigenvalue weighted by molar-refractivity contribution is 5.88. The van der Waals surface area contributed by atoms with E-state index >= 15 is 0 Å². The Morgan fingerprint density at radius 2 is 1.61 bits per heavy atom. The molecule has 1 N–H and O–H groups in total. The van der Waals surface area contributed by atoms with Crippen LogP contribution in [0.1, 0.15) is 11.1 Å². The average Bonchev–Trinajstić information content (AvgIpc) is 2.68. The summed E-state index contributed by atoms with van der Waals surface area (Å²) in [4.78, 5) is 4.31. The third-order valence-electron chi connectivity index (χ3n) is 5.13. The van der Waals surface area contributed by atoms with Gasteiger partial charge in [0.05, 0.1) is 19.8 Å². The highest BCUT2D eigenvalue weighted by atomic mass is 35.5. The van der Waals surface area contributed by atoms with Crippen LogP contribution in [0.25, 0.3) is 10.8 Å². The number of quaternary nitrogens is 1. The zero-order chi connectivity index (χ0) is 21.7. The second kappa shape index (κ2) is 10.6. The second-order valence-corrected chi connectivity index (χ2v) is 8.46. The highest BCUT2D eigenvalue weighted by Crippen LogP contribution is 2.25. The number of likely N-dealkylation sites (N-methyl/N-ethyl adjacent to an activating group) is 1. The number of hydrogen-bond acceptors (Lipinski definition) is 4.